The van der Waals surface area contributed by atoms with Crippen LogP contribution in [0.3, 0.4) is 0 Å². The first-order chi connectivity index (χ1) is 12.9. The second-order valence-electron chi connectivity index (χ2n) is 6.05. The van der Waals surface area contributed by atoms with Crippen molar-refractivity contribution in [3.63, 3.8) is 0 Å². The van der Waals surface area contributed by atoms with Crippen molar-refractivity contribution in [3.05, 3.63) is 58.7 Å². The maximum atomic E-state index is 13.6. The Morgan fingerprint density at radius 1 is 1.30 bits per heavy atom. The molecule has 10 heteroatoms. The van der Waals surface area contributed by atoms with E-state index in [1.54, 1.807) is 24.3 Å². The van der Waals surface area contributed by atoms with E-state index < -0.39 is 24.2 Å². The molecule has 2 atom stereocenters. The van der Waals surface area contributed by atoms with Crippen LogP contribution in [0.4, 0.5) is 24.7 Å². The number of pyridine rings is 1. The summed E-state index contributed by atoms with van der Waals surface area (Å²) in [6, 6.07) is 5.80. The van der Waals surface area contributed by atoms with Gasteiger partial charge < -0.3 is 10.6 Å². The third-order valence-electron chi connectivity index (χ3n) is 4.25. The van der Waals surface area contributed by atoms with E-state index in [-0.39, 0.29) is 17.9 Å². The molecular formula is C17H14F3N5OS. The Bertz CT molecular complexity index is 939. The van der Waals surface area contributed by atoms with Crippen molar-refractivity contribution < 1.29 is 18.0 Å². The smallest absolute Gasteiger partial charge is 0.363 e. The largest absolute Gasteiger partial charge is 0.410 e. The molecule has 0 unspecified atom stereocenters. The molecule has 0 saturated heterocycles. The lowest BCUT2D eigenvalue weighted by molar-refractivity contribution is -0.173. The summed E-state index contributed by atoms with van der Waals surface area (Å²) in [4.78, 5) is 17.0. The molecule has 0 aromatic carbocycles. The van der Waals surface area contributed by atoms with Gasteiger partial charge >= 0.3 is 6.18 Å². The zero-order chi connectivity index (χ0) is 19.0. The predicted octanol–water partition coefficient (Wildman–Crippen LogP) is 4.25. The zero-order valence-corrected chi connectivity index (χ0v) is 14.6. The van der Waals surface area contributed by atoms with Crippen molar-refractivity contribution in [2.24, 2.45) is 0 Å². The second kappa shape index (κ2) is 6.69. The highest BCUT2D eigenvalue weighted by molar-refractivity contribution is 7.10. The number of nitrogens with one attached hydrogen (secondary N) is 2. The zero-order valence-electron chi connectivity index (χ0n) is 13.8. The average Bonchev–Trinajstić information content (AvgIpc) is 3.30. The lowest BCUT2D eigenvalue weighted by Crippen LogP contribution is -2.35. The third kappa shape index (κ3) is 3.52. The molecule has 4 heterocycles. The summed E-state index contributed by atoms with van der Waals surface area (Å²) >= 11 is 1.39. The SMILES string of the molecule is O=C(Nc1ccncc1)c1cc2n(n1)[C@@H](C(F)(F)F)C[C@@H](c1cccs1)N2. The van der Waals surface area contributed by atoms with Crippen LogP contribution in [0.15, 0.2) is 48.1 Å². The lowest BCUT2D eigenvalue weighted by Gasteiger charge is -2.32. The topological polar surface area (TPSA) is 71.8 Å². The van der Waals surface area contributed by atoms with Crippen molar-refractivity contribution in [2.45, 2.75) is 24.7 Å². The van der Waals surface area contributed by atoms with Crippen molar-refractivity contribution in [2.75, 3.05) is 10.6 Å². The Balaban J connectivity index is 1.64. The highest BCUT2D eigenvalue weighted by Gasteiger charge is 2.47. The normalized spacial score (nSPS) is 19.2. The van der Waals surface area contributed by atoms with Crippen LogP contribution >= 0.6 is 11.3 Å². The minimum Gasteiger partial charge on any atom is -0.363 e. The molecule has 1 aliphatic rings. The minimum atomic E-state index is -4.47. The highest BCUT2D eigenvalue weighted by Crippen LogP contribution is 2.44. The molecule has 140 valence electrons. The van der Waals surface area contributed by atoms with E-state index in [4.69, 9.17) is 0 Å². The standard InChI is InChI=1S/C17H14F3N5OS/c18-17(19,20)14-8-11(13-2-1-7-27-13)23-15-9-12(24-25(14)15)16(26)22-10-3-5-21-6-4-10/h1-7,9,11,14,23H,8H2,(H,21,22,26)/t11-,14+/m0/s1. The van der Waals surface area contributed by atoms with E-state index in [2.05, 4.69) is 20.7 Å². The number of amides is 1. The second-order valence-corrected chi connectivity index (χ2v) is 7.03. The third-order valence-corrected chi connectivity index (χ3v) is 5.23. The summed E-state index contributed by atoms with van der Waals surface area (Å²) in [5.41, 5.74) is 0.396. The molecule has 0 spiro atoms. The Morgan fingerprint density at radius 3 is 2.74 bits per heavy atom. The van der Waals surface area contributed by atoms with Gasteiger partial charge in [0, 0.05) is 35.4 Å². The fourth-order valence-electron chi connectivity index (χ4n) is 2.99. The molecule has 0 radical (unpaired) electrons. The first-order valence-corrected chi connectivity index (χ1v) is 8.97. The van der Waals surface area contributed by atoms with Crippen molar-refractivity contribution >= 4 is 28.7 Å². The molecule has 3 aromatic rings. The van der Waals surface area contributed by atoms with Crippen LogP contribution < -0.4 is 10.6 Å². The predicted molar refractivity (Wildman–Crippen MR) is 94.8 cm³/mol. The summed E-state index contributed by atoms with van der Waals surface area (Å²) in [6.45, 7) is 0. The van der Waals surface area contributed by atoms with E-state index in [0.717, 1.165) is 9.56 Å². The minimum absolute atomic E-state index is 0.0876. The first-order valence-electron chi connectivity index (χ1n) is 8.09. The van der Waals surface area contributed by atoms with Gasteiger partial charge in [0.15, 0.2) is 11.7 Å². The first kappa shape index (κ1) is 17.5. The highest BCUT2D eigenvalue weighted by atomic mass is 32.1. The van der Waals surface area contributed by atoms with Gasteiger partial charge in [-0.05, 0) is 23.6 Å². The van der Waals surface area contributed by atoms with Gasteiger partial charge in [0.25, 0.3) is 5.91 Å². The number of nitrogens with zero attached hydrogens (tertiary/aromatic N) is 3. The van der Waals surface area contributed by atoms with Crippen LogP contribution in [0.5, 0.6) is 0 Å². The number of hydrogen-bond donors (Lipinski definition) is 2. The average molecular weight is 393 g/mol. The van der Waals surface area contributed by atoms with Gasteiger partial charge in [0.05, 0.1) is 6.04 Å². The van der Waals surface area contributed by atoms with Crippen LogP contribution in [0.2, 0.25) is 0 Å². The molecule has 0 fully saturated rings. The number of carbonyl (C=O) groups excluding carboxylic acids is 1. The Hall–Kier alpha value is -2.88. The fourth-order valence-corrected chi connectivity index (χ4v) is 3.78. The molecule has 1 amide bonds. The molecule has 0 saturated carbocycles. The van der Waals surface area contributed by atoms with Crippen molar-refractivity contribution in [3.8, 4) is 0 Å². The van der Waals surface area contributed by atoms with E-state index in [1.165, 1.54) is 29.8 Å². The molecule has 3 aromatic heterocycles. The van der Waals surface area contributed by atoms with Gasteiger partial charge in [-0.1, -0.05) is 6.07 Å². The number of halogens is 3. The number of rotatable bonds is 3. The Morgan fingerprint density at radius 2 is 2.07 bits per heavy atom. The van der Waals surface area contributed by atoms with Crippen LogP contribution in [-0.4, -0.2) is 26.8 Å². The Labute approximate surface area is 156 Å². The quantitative estimate of drug-likeness (QED) is 0.698. The summed E-state index contributed by atoms with van der Waals surface area (Å²) in [6.07, 6.45) is -1.66. The summed E-state index contributed by atoms with van der Waals surface area (Å²) in [7, 11) is 0. The molecular weight excluding hydrogens is 379 g/mol. The molecule has 2 N–H and O–H groups in total. The number of fused-ring (bicyclic) bond motifs is 1. The maximum absolute atomic E-state index is 13.6. The van der Waals surface area contributed by atoms with E-state index in [9.17, 15) is 18.0 Å². The number of alkyl halides is 3. The fraction of sp³-hybridized carbons (Fsp3) is 0.235. The van der Waals surface area contributed by atoms with E-state index >= 15 is 0 Å². The maximum Gasteiger partial charge on any atom is 0.410 e. The summed E-state index contributed by atoms with van der Waals surface area (Å²) in [5.74, 6) is -0.416. The van der Waals surface area contributed by atoms with Crippen molar-refractivity contribution in [1.82, 2.24) is 14.8 Å². The van der Waals surface area contributed by atoms with Gasteiger partial charge in [-0.15, -0.1) is 11.3 Å². The molecule has 0 aliphatic carbocycles. The molecule has 27 heavy (non-hydrogen) atoms. The lowest BCUT2D eigenvalue weighted by atomic mass is 10.0. The van der Waals surface area contributed by atoms with Crippen LogP contribution in [0.25, 0.3) is 0 Å². The summed E-state index contributed by atoms with van der Waals surface area (Å²) in [5, 5.41) is 11.4. The van der Waals surface area contributed by atoms with Gasteiger partial charge in [0.2, 0.25) is 0 Å². The summed E-state index contributed by atoms with van der Waals surface area (Å²) < 4.78 is 41.7. The number of carbonyl (C=O) groups is 1. The van der Waals surface area contributed by atoms with Crippen molar-refractivity contribution in [1.29, 1.82) is 0 Å². The number of anilines is 2. The van der Waals surface area contributed by atoms with E-state index in [1.807, 2.05) is 5.38 Å². The van der Waals surface area contributed by atoms with Crippen LogP contribution in [-0.2, 0) is 0 Å². The number of thiophene rings is 1. The monoisotopic (exact) mass is 393 g/mol. The number of hydrogen-bond acceptors (Lipinski definition) is 5. The molecule has 1 aliphatic heterocycles. The van der Waals surface area contributed by atoms with Gasteiger partial charge in [-0.2, -0.15) is 18.3 Å². The molecule has 4 rings (SSSR count). The molecule has 6 nitrogen and oxygen atoms in total. The van der Waals surface area contributed by atoms with Gasteiger partial charge in [-0.25, -0.2) is 4.68 Å². The van der Waals surface area contributed by atoms with E-state index in [0.29, 0.717) is 5.69 Å². The van der Waals surface area contributed by atoms with Crippen LogP contribution in [0, 0.1) is 0 Å². The number of aromatic nitrogens is 3. The van der Waals surface area contributed by atoms with Gasteiger partial charge in [-0.3, -0.25) is 9.78 Å². The van der Waals surface area contributed by atoms with Gasteiger partial charge in [0.1, 0.15) is 5.82 Å². The molecule has 0 bridgehead atoms. The van der Waals surface area contributed by atoms with Crippen LogP contribution in [0.1, 0.15) is 33.9 Å². The Kier molecular flexibility index (Phi) is 4.34.